The lowest BCUT2D eigenvalue weighted by atomic mass is 10.0. The molecule has 0 aromatic carbocycles. The first kappa shape index (κ1) is 12.7. The second-order valence-corrected chi connectivity index (χ2v) is 5.39. The molecule has 1 heterocycles. The molecule has 1 saturated carbocycles. The van der Waals surface area contributed by atoms with Gasteiger partial charge in [0, 0.05) is 12.7 Å². The molecule has 1 aromatic heterocycles. The maximum Gasteiger partial charge on any atom is 0.152 e. The number of hydrogen-bond acceptors (Lipinski definition) is 2. The van der Waals surface area contributed by atoms with Crippen molar-refractivity contribution in [3.63, 3.8) is 0 Å². The molecule has 1 N–H and O–H groups in total. The molecule has 2 nitrogen and oxygen atoms in total. The Bertz CT molecular complexity index is 337. The smallest absolute Gasteiger partial charge is 0.152 e. The van der Waals surface area contributed by atoms with Gasteiger partial charge in [-0.05, 0) is 37.3 Å². The highest BCUT2D eigenvalue weighted by molar-refractivity contribution is 6.32. The van der Waals surface area contributed by atoms with Crippen molar-refractivity contribution in [2.45, 2.75) is 45.4 Å². The minimum Gasteiger partial charge on any atom is -0.382 e. The molecule has 94 valence electrons. The van der Waals surface area contributed by atoms with E-state index in [-0.39, 0.29) is 0 Å². The summed E-state index contributed by atoms with van der Waals surface area (Å²) in [7, 11) is 0. The van der Waals surface area contributed by atoms with Crippen molar-refractivity contribution in [2.24, 2.45) is 5.92 Å². The van der Waals surface area contributed by atoms with Crippen LogP contribution >= 0.6 is 11.6 Å². The van der Waals surface area contributed by atoms with Crippen molar-refractivity contribution in [3.8, 4) is 0 Å². The lowest BCUT2D eigenvalue weighted by Crippen LogP contribution is -2.14. The second kappa shape index (κ2) is 6.25. The predicted octanol–water partition coefficient (Wildman–Crippen LogP) is 4.43. The number of pyridine rings is 1. The fourth-order valence-electron chi connectivity index (χ4n) is 2.55. The molecular weight excluding hydrogens is 232 g/mol. The zero-order valence-corrected chi connectivity index (χ0v) is 11.3. The largest absolute Gasteiger partial charge is 0.382 e. The van der Waals surface area contributed by atoms with E-state index in [4.69, 9.17) is 11.6 Å². The van der Waals surface area contributed by atoms with Crippen molar-refractivity contribution in [2.75, 3.05) is 11.9 Å². The summed E-state index contributed by atoms with van der Waals surface area (Å²) >= 11 is 6.11. The summed E-state index contributed by atoms with van der Waals surface area (Å²) in [5.74, 6) is 0.799. The van der Waals surface area contributed by atoms with Gasteiger partial charge in [0.15, 0.2) is 5.15 Å². The molecule has 17 heavy (non-hydrogen) atoms. The number of nitrogens with zero attached hydrogens (tertiary/aromatic N) is 1. The van der Waals surface area contributed by atoms with Crippen LogP contribution in [0, 0.1) is 12.8 Å². The van der Waals surface area contributed by atoms with E-state index in [9.17, 15) is 0 Å². The highest BCUT2D eigenvalue weighted by Crippen LogP contribution is 2.26. The van der Waals surface area contributed by atoms with Gasteiger partial charge in [0.05, 0.1) is 5.69 Å². The molecule has 3 heteroatoms. The Balaban J connectivity index is 1.92. The molecule has 0 radical (unpaired) electrons. The molecule has 2 rings (SSSR count). The van der Waals surface area contributed by atoms with E-state index >= 15 is 0 Å². The highest BCUT2D eigenvalue weighted by atomic mass is 35.5. The monoisotopic (exact) mass is 252 g/mol. The molecule has 1 aliphatic carbocycles. The van der Waals surface area contributed by atoms with Crippen LogP contribution in [0.5, 0.6) is 0 Å². The van der Waals surface area contributed by atoms with Crippen LogP contribution in [0.15, 0.2) is 12.3 Å². The van der Waals surface area contributed by atoms with Gasteiger partial charge in [-0.15, -0.1) is 0 Å². The summed E-state index contributed by atoms with van der Waals surface area (Å²) in [6, 6.07) is 2.00. The number of halogens is 1. The van der Waals surface area contributed by atoms with Crippen LogP contribution in [0.1, 0.15) is 44.1 Å². The van der Waals surface area contributed by atoms with Gasteiger partial charge in [-0.2, -0.15) is 0 Å². The van der Waals surface area contributed by atoms with E-state index in [1.807, 2.05) is 6.07 Å². The zero-order valence-electron chi connectivity index (χ0n) is 10.5. The Hall–Kier alpha value is -0.760. The fourth-order valence-corrected chi connectivity index (χ4v) is 2.82. The third-order valence-corrected chi connectivity index (χ3v) is 3.94. The van der Waals surface area contributed by atoms with Gasteiger partial charge >= 0.3 is 0 Å². The van der Waals surface area contributed by atoms with Gasteiger partial charge in [-0.1, -0.05) is 37.3 Å². The predicted molar refractivity (Wildman–Crippen MR) is 73.7 cm³/mol. The SMILES string of the molecule is Cc1ccnc(Cl)c1NCC1CCCCCC1. The van der Waals surface area contributed by atoms with Crippen molar-refractivity contribution in [1.29, 1.82) is 0 Å². The molecule has 0 bridgehead atoms. The van der Waals surface area contributed by atoms with Gasteiger partial charge in [0.25, 0.3) is 0 Å². The average Bonchev–Trinajstić information content (AvgIpc) is 2.57. The molecule has 0 atom stereocenters. The molecule has 1 aliphatic rings. The third kappa shape index (κ3) is 3.60. The molecular formula is C14H21ClN2. The minimum atomic E-state index is 0.596. The number of anilines is 1. The van der Waals surface area contributed by atoms with Crippen molar-refractivity contribution < 1.29 is 0 Å². The first-order chi connectivity index (χ1) is 8.27. The number of nitrogens with one attached hydrogen (secondary N) is 1. The molecule has 0 aliphatic heterocycles. The van der Waals surface area contributed by atoms with Crippen molar-refractivity contribution in [1.82, 2.24) is 4.98 Å². The first-order valence-corrected chi connectivity index (χ1v) is 7.00. The van der Waals surface area contributed by atoms with Crippen LogP contribution in [0.25, 0.3) is 0 Å². The van der Waals surface area contributed by atoms with E-state index in [0.29, 0.717) is 5.15 Å². The topological polar surface area (TPSA) is 24.9 Å². The van der Waals surface area contributed by atoms with Crippen LogP contribution in [0.2, 0.25) is 5.15 Å². The number of aryl methyl sites for hydroxylation is 1. The maximum absolute atomic E-state index is 6.11. The Labute approximate surface area is 109 Å². The molecule has 1 aromatic rings. The second-order valence-electron chi connectivity index (χ2n) is 5.03. The van der Waals surface area contributed by atoms with Gasteiger partial charge in [0.2, 0.25) is 0 Å². The quantitative estimate of drug-likeness (QED) is 0.636. The highest BCUT2D eigenvalue weighted by Gasteiger charge is 2.13. The van der Waals surface area contributed by atoms with Crippen molar-refractivity contribution in [3.05, 3.63) is 23.0 Å². The van der Waals surface area contributed by atoms with Crippen molar-refractivity contribution >= 4 is 17.3 Å². The third-order valence-electron chi connectivity index (χ3n) is 3.66. The fraction of sp³-hybridized carbons (Fsp3) is 0.643. The van der Waals surface area contributed by atoms with Gasteiger partial charge in [-0.3, -0.25) is 0 Å². The van der Waals surface area contributed by atoms with Crippen LogP contribution in [-0.4, -0.2) is 11.5 Å². The lowest BCUT2D eigenvalue weighted by Gasteiger charge is -2.17. The standard InChI is InChI=1S/C14H21ClN2/c1-11-8-9-16-14(15)13(11)17-10-12-6-4-2-3-5-7-12/h8-9,12,17H,2-7,10H2,1H3. The van der Waals surface area contributed by atoms with Gasteiger partial charge in [-0.25, -0.2) is 4.98 Å². The molecule has 0 unspecified atom stereocenters. The summed E-state index contributed by atoms with van der Waals surface area (Å²) in [4.78, 5) is 4.13. The average molecular weight is 253 g/mol. The van der Waals surface area contributed by atoms with E-state index < -0.39 is 0 Å². The minimum absolute atomic E-state index is 0.596. The van der Waals surface area contributed by atoms with Gasteiger partial charge in [0.1, 0.15) is 0 Å². The Morgan fingerprint density at radius 1 is 1.29 bits per heavy atom. The summed E-state index contributed by atoms with van der Waals surface area (Å²) in [5, 5.41) is 4.08. The van der Waals surface area contributed by atoms with Crippen LogP contribution in [0.4, 0.5) is 5.69 Å². The summed E-state index contributed by atoms with van der Waals surface area (Å²) in [6.45, 7) is 3.11. The van der Waals surface area contributed by atoms with E-state index in [1.54, 1.807) is 6.20 Å². The van der Waals surface area contributed by atoms with E-state index in [0.717, 1.165) is 18.2 Å². The first-order valence-electron chi connectivity index (χ1n) is 6.62. The molecule has 0 spiro atoms. The normalized spacial score (nSPS) is 17.8. The lowest BCUT2D eigenvalue weighted by molar-refractivity contribution is 0.483. The maximum atomic E-state index is 6.11. The van der Waals surface area contributed by atoms with Crippen LogP contribution in [-0.2, 0) is 0 Å². The summed E-state index contributed by atoms with van der Waals surface area (Å²) in [6.07, 6.45) is 10.0. The van der Waals surface area contributed by atoms with Gasteiger partial charge < -0.3 is 5.32 Å². The van der Waals surface area contributed by atoms with E-state index in [1.165, 1.54) is 44.1 Å². The summed E-state index contributed by atoms with van der Waals surface area (Å²) in [5.41, 5.74) is 2.19. The molecule has 0 amide bonds. The Morgan fingerprint density at radius 3 is 2.65 bits per heavy atom. The number of hydrogen-bond donors (Lipinski definition) is 1. The molecule has 0 saturated heterocycles. The Kier molecular flexibility index (Phi) is 4.66. The zero-order chi connectivity index (χ0) is 12.1. The van der Waals surface area contributed by atoms with Crippen LogP contribution < -0.4 is 5.32 Å². The number of rotatable bonds is 3. The van der Waals surface area contributed by atoms with E-state index in [2.05, 4.69) is 17.2 Å². The summed E-state index contributed by atoms with van der Waals surface area (Å²) < 4.78 is 0. The van der Waals surface area contributed by atoms with Crippen LogP contribution in [0.3, 0.4) is 0 Å². The Morgan fingerprint density at radius 2 is 2.00 bits per heavy atom. The number of aromatic nitrogens is 1. The molecule has 1 fully saturated rings.